The molecule has 0 radical (unpaired) electrons. The Morgan fingerprint density at radius 3 is 2.35 bits per heavy atom. The Balaban J connectivity index is 2.41. The number of nitro groups is 1. The van der Waals surface area contributed by atoms with Crippen molar-refractivity contribution in [2.24, 2.45) is 0 Å². The molecule has 6 nitrogen and oxygen atoms in total. The SMILES string of the molecule is Cc1ccc(/C=C(/C(=O)O)c2ccc([N+](=O)[O-])cc2)o1. The van der Waals surface area contributed by atoms with Gasteiger partial charge in [-0.25, -0.2) is 4.79 Å². The third kappa shape index (κ3) is 2.92. The van der Waals surface area contributed by atoms with Crippen LogP contribution in [0.15, 0.2) is 40.8 Å². The lowest BCUT2D eigenvalue weighted by Crippen LogP contribution is -1.99. The number of carboxylic acids is 1. The molecule has 1 N–H and O–H groups in total. The van der Waals surface area contributed by atoms with E-state index in [2.05, 4.69) is 0 Å². The second-order valence-corrected chi connectivity index (χ2v) is 4.12. The third-order valence-corrected chi connectivity index (χ3v) is 2.67. The van der Waals surface area contributed by atoms with Gasteiger partial charge in [0.15, 0.2) is 0 Å². The molecule has 20 heavy (non-hydrogen) atoms. The monoisotopic (exact) mass is 273 g/mol. The van der Waals surface area contributed by atoms with Gasteiger partial charge in [0, 0.05) is 12.1 Å². The Hall–Kier alpha value is -2.89. The number of furan rings is 1. The first-order chi connectivity index (χ1) is 9.47. The first-order valence-electron chi connectivity index (χ1n) is 5.73. The van der Waals surface area contributed by atoms with Crippen LogP contribution in [0.25, 0.3) is 11.6 Å². The number of hydrogen-bond donors (Lipinski definition) is 1. The molecule has 0 bridgehead atoms. The molecular formula is C14H11NO5. The van der Waals surface area contributed by atoms with Crippen LogP contribution >= 0.6 is 0 Å². The van der Waals surface area contributed by atoms with Gasteiger partial charge in [-0.2, -0.15) is 0 Å². The average molecular weight is 273 g/mol. The van der Waals surface area contributed by atoms with Gasteiger partial charge in [0.2, 0.25) is 0 Å². The van der Waals surface area contributed by atoms with Gasteiger partial charge < -0.3 is 9.52 Å². The number of non-ortho nitro benzene ring substituents is 1. The van der Waals surface area contributed by atoms with Crippen LogP contribution in [0.4, 0.5) is 5.69 Å². The number of aryl methyl sites for hydroxylation is 1. The highest BCUT2D eigenvalue weighted by Crippen LogP contribution is 2.22. The average Bonchev–Trinajstić information content (AvgIpc) is 2.81. The summed E-state index contributed by atoms with van der Waals surface area (Å²) in [6.07, 6.45) is 1.39. The van der Waals surface area contributed by atoms with Crippen molar-refractivity contribution in [3.63, 3.8) is 0 Å². The maximum atomic E-state index is 11.3. The summed E-state index contributed by atoms with van der Waals surface area (Å²) in [5, 5.41) is 19.8. The molecule has 0 saturated heterocycles. The van der Waals surface area contributed by atoms with Crippen molar-refractivity contribution in [3.05, 3.63) is 63.6 Å². The van der Waals surface area contributed by atoms with Crippen LogP contribution < -0.4 is 0 Å². The summed E-state index contributed by atoms with van der Waals surface area (Å²) in [4.78, 5) is 21.3. The number of benzene rings is 1. The second-order valence-electron chi connectivity index (χ2n) is 4.12. The van der Waals surface area contributed by atoms with Crippen LogP contribution in [0, 0.1) is 17.0 Å². The zero-order valence-corrected chi connectivity index (χ0v) is 10.6. The van der Waals surface area contributed by atoms with E-state index in [0.29, 0.717) is 17.1 Å². The first kappa shape index (κ1) is 13.5. The van der Waals surface area contributed by atoms with Gasteiger partial charge in [-0.15, -0.1) is 0 Å². The van der Waals surface area contributed by atoms with E-state index in [1.54, 1.807) is 19.1 Å². The highest BCUT2D eigenvalue weighted by atomic mass is 16.6. The Bertz CT molecular complexity index is 682. The van der Waals surface area contributed by atoms with Gasteiger partial charge in [0.1, 0.15) is 11.5 Å². The van der Waals surface area contributed by atoms with E-state index in [0.717, 1.165) is 0 Å². The van der Waals surface area contributed by atoms with Gasteiger partial charge in [0.05, 0.1) is 10.5 Å². The van der Waals surface area contributed by atoms with E-state index in [1.807, 2.05) is 0 Å². The van der Waals surface area contributed by atoms with Gasteiger partial charge in [-0.05, 0) is 42.8 Å². The molecule has 6 heteroatoms. The number of carbonyl (C=O) groups is 1. The number of rotatable bonds is 4. The molecule has 1 aromatic carbocycles. The molecule has 2 aromatic rings. The van der Waals surface area contributed by atoms with Crippen molar-refractivity contribution in [3.8, 4) is 0 Å². The van der Waals surface area contributed by atoms with Crippen molar-refractivity contribution in [1.29, 1.82) is 0 Å². The van der Waals surface area contributed by atoms with E-state index in [-0.39, 0.29) is 11.3 Å². The van der Waals surface area contributed by atoms with E-state index in [9.17, 15) is 20.0 Å². The van der Waals surface area contributed by atoms with Gasteiger partial charge in [0.25, 0.3) is 5.69 Å². The van der Waals surface area contributed by atoms with E-state index >= 15 is 0 Å². The van der Waals surface area contributed by atoms with Crippen molar-refractivity contribution in [2.45, 2.75) is 6.92 Å². The summed E-state index contributed by atoms with van der Waals surface area (Å²) >= 11 is 0. The molecule has 0 spiro atoms. The van der Waals surface area contributed by atoms with E-state index < -0.39 is 10.9 Å². The number of carboxylic acid groups (broad SMARTS) is 1. The minimum Gasteiger partial charge on any atom is -0.478 e. The fourth-order valence-electron chi connectivity index (χ4n) is 1.70. The zero-order chi connectivity index (χ0) is 14.7. The summed E-state index contributed by atoms with van der Waals surface area (Å²) in [6, 6.07) is 8.70. The minimum atomic E-state index is -1.13. The number of nitro benzene ring substituents is 1. The predicted octanol–water partition coefficient (Wildman–Crippen LogP) is 3.12. The summed E-state index contributed by atoms with van der Waals surface area (Å²) in [5.41, 5.74) is 0.290. The summed E-state index contributed by atoms with van der Waals surface area (Å²) in [6.45, 7) is 1.75. The molecule has 0 aliphatic heterocycles. The highest BCUT2D eigenvalue weighted by Gasteiger charge is 2.13. The van der Waals surface area contributed by atoms with Crippen LogP contribution in [0.3, 0.4) is 0 Å². The van der Waals surface area contributed by atoms with Crippen molar-refractivity contribution in [2.75, 3.05) is 0 Å². The lowest BCUT2D eigenvalue weighted by Gasteiger charge is -2.01. The second kappa shape index (κ2) is 5.40. The lowest BCUT2D eigenvalue weighted by atomic mass is 10.0. The van der Waals surface area contributed by atoms with Crippen LogP contribution in [0.2, 0.25) is 0 Å². The number of hydrogen-bond acceptors (Lipinski definition) is 4. The largest absolute Gasteiger partial charge is 0.478 e. The maximum Gasteiger partial charge on any atom is 0.336 e. The Labute approximate surface area is 114 Å². The van der Waals surface area contributed by atoms with Crippen LogP contribution in [-0.2, 0) is 4.79 Å². The van der Waals surface area contributed by atoms with Crippen LogP contribution in [0.1, 0.15) is 17.1 Å². The Morgan fingerprint density at radius 1 is 1.25 bits per heavy atom. The number of nitrogens with zero attached hydrogens (tertiary/aromatic N) is 1. The molecule has 1 aromatic heterocycles. The molecule has 0 aliphatic carbocycles. The standard InChI is InChI=1S/C14H11NO5/c1-9-2-7-12(20-9)8-13(14(16)17)10-3-5-11(6-4-10)15(18)19/h2-8H,1H3,(H,16,17)/b13-8+. The van der Waals surface area contributed by atoms with E-state index in [1.165, 1.54) is 30.3 Å². The smallest absolute Gasteiger partial charge is 0.336 e. The molecule has 0 atom stereocenters. The normalized spacial score (nSPS) is 11.3. The minimum absolute atomic E-state index is 0.00856. The molecule has 1 heterocycles. The summed E-state index contributed by atoms with van der Waals surface area (Å²) < 4.78 is 5.30. The number of aliphatic carboxylic acids is 1. The molecule has 102 valence electrons. The fraction of sp³-hybridized carbons (Fsp3) is 0.0714. The molecule has 0 fully saturated rings. The fourth-order valence-corrected chi connectivity index (χ4v) is 1.70. The molecule has 0 aliphatic rings. The van der Waals surface area contributed by atoms with Gasteiger partial charge >= 0.3 is 5.97 Å². The summed E-state index contributed by atoms with van der Waals surface area (Å²) in [5.74, 6) is -0.0455. The maximum absolute atomic E-state index is 11.3. The molecule has 0 saturated carbocycles. The van der Waals surface area contributed by atoms with Crippen molar-refractivity contribution < 1.29 is 19.2 Å². The topological polar surface area (TPSA) is 93.6 Å². The van der Waals surface area contributed by atoms with Gasteiger partial charge in [-0.3, -0.25) is 10.1 Å². The molecule has 0 unspecified atom stereocenters. The molecule has 2 rings (SSSR count). The van der Waals surface area contributed by atoms with E-state index in [4.69, 9.17) is 4.42 Å². The highest BCUT2D eigenvalue weighted by molar-refractivity contribution is 6.20. The predicted molar refractivity (Wildman–Crippen MR) is 72.0 cm³/mol. The Kier molecular flexibility index (Phi) is 3.65. The quantitative estimate of drug-likeness (QED) is 0.524. The first-order valence-corrected chi connectivity index (χ1v) is 5.73. The summed E-state index contributed by atoms with van der Waals surface area (Å²) in [7, 11) is 0. The van der Waals surface area contributed by atoms with Crippen LogP contribution in [-0.4, -0.2) is 16.0 Å². The zero-order valence-electron chi connectivity index (χ0n) is 10.6. The van der Waals surface area contributed by atoms with Gasteiger partial charge in [-0.1, -0.05) is 0 Å². The molecule has 0 amide bonds. The van der Waals surface area contributed by atoms with Crippen molar-refractivity contribution in [1.82, 2.24) is 0 Å². The third-order valence-electron chi connectivity index (χ3n) is 2.67. The van der Waals surface area contributed by atoms with Crippen molar-refractivity contribution >= 4 is 23.3 Å². The lowest BCUT2D eigenvalue weighted by molar-refractivity contribution is -0.384. The molecular weight excluding hydrogens is 262 g/mol. The van der Waals surface area contributed by atoms with Crippen LogP contribution in [0.5, 0.6) is 0 Å². The Morgan fingerprint density at radius 2 is 1.90 bits per heavy atom.